The van der Waals surface area contributed by atoms with Gasteiger partial charge in [0.25, 0.3) is 5.91 Å². The fourth-order valence-corrected chi connectivity index (χ4v) is 4.04. The third kappa shape index (κ3) is 5.71. The molecule has 2 fully saturated rings. The lowest BCUT2D eigenvalue weighted by Crippen LogP contribution is -2.37. The first-order valence-electron chi connectivity index (χ1n) is 9.45. The second-order valence-electron chi connectivity index (χ2n) is 7.44. The Hall–Kier alpha value is -1.59. The minimum atomic E-state index is -0.716. The van der Waals surface area contributed by atoms with Crippen molar-refractivity contribution >= 4 is 24.3 Å². The summed E-state index contributed by atoms with van der Waals surface area (Å²) in [7, 11) is 0. The van der Waals surface area contributed by atoms with Crippen LogP contribution in [0.15, 0.2) is 24.3 Å². The minimum Gasteiger partial charge on any atom is -0.481 e. The van der Waals surface area contributed by atoms with E-state index in [-0.39, 0.29) is 30.8 Å². The van der Waals surface area contributed by atoms with Gasteiger partial charge in [-0.3, -0.25) is 9.59 Å². The highest BCUT2D eigenvalue weighted by Crippen LogP contribution is 2.28. The Labute approximate surface area is 161 Å². The summed E-state index contributed by atoms with van der Waals surface area (Å²) < 4.78 is 0. The van der Waals surface area contributed by atoms with Gasteiger partial charge in [-0.05, 0) is 74.6 Å². The monoisotopic (exact) mass is 380 g/mol. The summed E-state index contributed by atoms with van der Waals surface area (Å²) >= 11 is 0. The molecule has 6 heteroatoms. The number of carbonyl (C=O) groups is 2. The Balaban J connectivity index is 0.00000243. The lowest BCUT2D eigenvalue weighted by molar-refractivity contribution is -0.137. The number of hydrogen-bond acceptors (Lipinski definition) is 3. The third-order valence-electron chi connectivity index (χ3n) is 5.65. The highest BCUT2D eigenvalue weighted by molar-refractivity contribution is 5.94. The molecule has 0 radical (unpaired) electrons. The molecule has 26 heavy (non-hydrogen) atoms. The molecule has 1 amide bonds. The number of amides is 1. The van der Waals surface area contributed by atoms with Crippen LogP contribution in [-0.4, -0.2) is 36.1 Å². The Morgan fingerprint density at radius 1 is 1.08 bits per heavy atom. The van der Waals surface area contributed by atoms with Crippen molar-refractivity contribution < 1.29 is 14.7 Å². The molecule has 1 atom stereocenters. The van der Waals surface area contributed by atoms with Crippen LogP contribution in [0.1, 0.15) is 66.8 Å². The lowest BCUT2D eigenvalue weighted by atomic mass is 9.83. The number of halogens is 1. The summed E-state index contributed by atoms with van der Waals surface area (Å²) in [5, 5.41) is 15.3. The fourth-order valence-electron chi connectivity index (χ4n) is 4.04. The van der Waals surface area contributed by atoms with Crippen molar-refractivity contribution in [3.05, 3.63) is 35.4 Å². The van der Waals surface area contributed by atoms with E-state index in [1.54, 1.807) is 0 Å². The molecule has 0 bridgehead atoms. The van der Waals surface area contributed by atoms with Gasteiger partial charge >= 0.3 is 5.97 Å². The minimum absolute atomic E-state index is 0. The van der Waals surface area contributed by atoms with Crippen molar-refractivity contribution in [2.45, 2.75) is 56.9 Å². The summed E-state index contributed by atoms with van der Waals surface area (Å²) in [5.74, 6) is 0.346. The number of carboxylic acid groups (broad SMARTS) is 1. The highest BCUT2D eigenvalue weighted by Gasteiger charge is 2.23. The molecule has 2 aliphatic rings. The first-order valence-corrected chi connectivity index (χ1v) is 9.45. The van der Waals surface area contributed by atoms with Gasteiger partial charge in [0.1, 0.15) is 0 Å². The van der Waals surface area contributed by atoms with Gasteiger partial charge in [0.05, 0.1) is 0 Å². The molecule has 1 aliphatic heterocycles. The average Bonchev–Trinajstić information content (AvgIpc) is 3.16. The van der Waals surface area contributed by atoms with E-state index >= 15 is 0 Å². The summed E-state index contributed by atoms with van der Waals surface area (Å²) in [6.07, 6.45) is 6.08. The predicted molar refractivity (Wildman–Crippen MR) is 104 cm³/mol. The van der Waals surface area contributed by atoms with Crippen molar-refractivity contribution in [3.63, 3.8) is 0 Å². The molecule has 1 heterocycles. The van der Waals surface area contributed by atoms with E-state index in [1.807, 2.05) is 12.1 Å². The molecular weight excluding hydrogens is 352 g/mol. The second-order valence-corrected chi connectivity index (χ2v) is 7.44. The molecule has 144 valence electrons. The highest BCUT2D eigenvalue weighted by atomic mass is 35.5. The van der Waals surface area contributed by atoms with Crippen molar-refractivity contribution in [3.8, 4) is 0 Å². The van der Waals surface area contributed by atoms with E-state index < -0.39 is 5.97 Å². The number of nitrogens with one attached hydrogen (secondary N) is 2. The molecule has 1 aliphatic carbocycles. The Kier molecular flexibility index (Phi) is 7.91. The standard InChI is InChI=1S/C20H28N2O3.ClH/c23-19(24)10-3-14-1-8-18(9-2-14)22-20(25)16-6-4-15(5-7-16)17-11-12-21-13-17;/h4-7,14,17-18,21H,1-3,8-13H2,(H,22,25)(H,23,24);1H. The van der Waals surface area contributed by atoms with Gasteiger partial charge in [0.2, 0.25) is 0 Å². The van der Waals surface area contributed by atoms with Crippen LogP contribution in [0.4, 0.5) is 0 Å². The molecule has 0 aromatic heterocycles. The van der Waals surface area contributed by atoms with Crippen LogP contribution in [0.25, 0.3) is 0 Å². The molecule has 3 rings (SSSR count). The van der Waals surface area contributed by atoms with Crippen LogP contribution in [-0.2, 0) is 4.79 Å². The summed E-state index contributed by atoms with van der Waals surface area (Å²) in [6, 6.07) is 8.24. The maximum absolute atomic E-state index is 12.4. The zero-order chi connectivity index (χ0) is 17.6. The number of hydrogen-bond donors (Lipinski definition) is 3. The van der Waals surface area contributed by atoms with E-state index in [4.69, 9.17) is 5.11 Å². The van der Waals surface area contributed by atoms with Gasteiger partial charge in [-0.2, -0.15) is 0 Å². The maximum atomic E-state index is 12.4. The summed E-state index contributed by atoms with van der Waals surface area (Å²) in [4.78, 5) is 23.1. The topological polar surface area (TPSA) is 78.4 Å². The van der Waals surface area contributed by atoms with Crippen LogP contribution in [0.5, 0.6) is 0 Å². The van der Waals surface area contributed by atoms with E-state index in [9.17, 15) is 9.59 Å². The van der Waals surface area contributed by atoms with E-state index in [2.05, 4.69) is 22.8 Å². The first-order chi connectivity index (χ1) is 12.1. The van der Waals surface area contributed by atoms with Gasteiger partial charge in [-0.25, -0.2) is 0 Å². The summed E-state index contributed by atoms with van der Waals surface area (Å²) in [5.41, 5.74) is 2.03. The maximum Gasteiger partial charge on any atom is 0.303 e. The van der Waals surface area contributed by atoms with Crippen LogP contribution < -0.4 is 10.6 Å². The van der Waals surface area contributed by atoms with Gasteiger partial charge in [0, 0.05) is 24.6 Å². The predicted octanol–water partition coefficient (Wildman–Crippen LogP) is 3.34. The molecule has 0 spiro atoms. The summed E-state index contributed by atoms with van der Waals surface area (Å²) in [6.45, 7) is 2.10. The van der Waals surface area contributed by atoms with Crippen molar-refractivity contribution in [2.24, 2.45) is 5.92 Å². The number of benzene rings is 1. The van der Waals surface area contributed by atoms with Gasteiger partial charge in [-0.1, -0.05) is 12.1 Å². The Morgan fingerprint density at radius 2 is 1.77 bits per heavy atom. The van der Waals surface area contributed by atoms with Crippen molar-refractivity contribution in [1.82, 2.24) is 10.6 Å². The smallest absolute Gasteiger partial charge is 0.303 e. The van der Waals surface area contributed by atoms with Crippen molar-refractivity contribution in [2.75, 3.05) is 13.1 Å². The van der Waals surface area contributed by atoms with E-state index in [0.29, 0.717) is 11.8 Å². The van der Waals surface area contributed by atoms with Gasteiger partial charge < -0.3 is 15.7 Å². The van der Waals surface area contributed by atoms with Crippen LogP contribution in [0, 0.1) is 5.92 Å². The SMILES string of the molecule is Cl.O=C(O)CCC1CCC(NC(=O)c2ccc(C3CCNC3)cc2)CC1. The zero-order valence-corrected chi connectivity index (χ0v) is 15.9. The number of carbonyl (C=O) groups excluding carboxylic acids is 1. The molecule has 1 saturated heterocycles. The molecule has 5 nitrogen and oxygen atoms in total. The lowest BCUT2D eigenvalue weighted by Gasteiger charge is -2.28. The Bertz CT molecular complexity index is 592. The molecule has 3 N–H and O–H groups in total. The fraction of sp³-hybridized carbons (Fsp3) is 0.600. The van der Waals surface area contributed by atoms with Gasteiger partial charge in [-0.15, -0.1) is 12.4 Å². The Morgan fingerprint density at radius 3 is 2.35 bits per heavy atom. The quantitative estimate of drug-likeness (QED) is 0.707. The van der Waals surface area contributed by atoms with Crippen LogP contribution in [0.2, 0.25) is 0 Å². The molecule has 1 aromatic rings. The largest absolute Gasteiger partial charge is 0.481 e. The normalized spacial score (nSPS) is 25.3. The third-order valence-corrected chi connectivity index (χ3v) is 5.65. The van der Waals surface area contributed by atoms with Gasteiger partial charge in [0.15, 0.2) is 0 Å². The molecule has 1 unspecified atom stereocenters. The van der Waals surface area contributed by atoms with Crippen LogP contribution in [0.3, 0.4) is 0 Å². The molecule has 1 aromatic carbocycles. The first kappa shape index (κ1) is 20.7. The average molecular weight is 381 g/mol. The van der Waals surface area contributed by atoms with Crippen molar-refractivity contribution in [1.29, 1.82) is 0 Å². The number of carboxylic acids is 1. The second kappa shape index (κ2) is 9.93. The number of aliphatic carboxylic acids is 1. The van der Waals surface area contributed by atoms with E-state index in [0.717, 1.165) is 57.2 Å². The molecule has 1 saturated carbocycles. The number of rotatable bonds is 6. The zero-order valence-electron chi connectivity index (χ0n) is 15.1. The molecular formula is C20H29ClN2O3. The van der Waals surface area contributed by atoms with Crippen LogP contribution >= 0.6 is 12.4 Å². The van der Waals surface area contributed by atoms with E-state index in [1.165, 1.54) is 5.56 Å².